The minimum atomic E-state index is -5.89. The smallest absolute Gasteiger partial charge is 0.366 e. The van der Waals surface area contributed by atoms with Crippen LogP contribution in [0.25, 0.3) is 0 Å². The lowest BCUT2D eigenvalue weighted by molar-refractivity contribution is -0.432. The van der Waals surface area contributed by atoms with E-state index in [9.17, 15) is 57.1 Å². The highest BCUT2D eigenvalue weighted by Crippen LogP contribution is 2.40. The van der Waals surface area contributed by atoms with Gasteiger partial charge >= 0.3 is 24.7 Å². The Morgan fingerprint density at radius 1 is 0.488 bits per heavy atom. The first-order valence-corrected chi connectivity index (χ1v) is 11.8. The van der Waals surface area contributed by atoms with E-state index in [0.717, 1.165) is 0 Å². The van der Waals surface area contributed by atoms with Gasteiger partial charge in [0.15, 0.2) is 0 Å². The molecule has 0 saturated carbocycles. The second-order valence-corrected chi connectivity index (χ2v) is 9.27. The molecule has 0 fully saturated rings. The molecule has 0 heterocycles. The Morgan fingerprint density at radius 3 is 1.32 bits per heavy atom. The van der Waals surface area contributed by atoms with E-state index in [1.54, 1.807) is 18.2 Å². The molecule has 0 atom stereocenters. The first-order valence-electron chi connectivity index (χ1n) is 11.8. The predicted octanol–water partition coefficient (Wildman–Crippen LogP) is 8.90. The van der Waals surface area contributed by atoms with E-state index in [2.05, 4.69) is 38.7 Å². The Morgan fingerprint density at radius 2 is 0.902 bits per heavy atom. The number of hydrogen-bond donors (Lipinski definition) is 0. The van der Waals surface area contributed by atoms with Crippen LogP contribution in [0.15, 0.2) is 38.0 Å². The van der Waals surface area contributed by atoms with Gasteiger partial charge in [0, 0.05) is 6.42 Å². The molecule has 0 rings (SSSR count). The zero-order valence-corrected chi connectivity index (χ0v) is 21.7. The van der Waals surface area contributed by atoms with Gasteiger partial charge < -0.3 is 9.47 Å². The maximum atomic E-state index is 14.1. The Hall–Kier alpha value is -1.85. The van der Waals surface area contributed by atoms with Crippen molar-refractivity contribution in [2.24, 2.45) is 5.41 Å². The summed E-state index contributed by atoms with van der Waals surface area (Å²) in [7, 11) is 0. The highest BCUT2D eigenvalue weighted by molar-refractivity contribution is 4.95. The zero-order valence-electron chi connectivity index (χ0n) is 21.7. The van der Waals surface area contributed by atoms with E-state index >= 15 is 0 Å². The molecule has 242 valence electrons. The summed E-state index contributed by atoms with van der Waals surface area (Å²) in [6.45, 7) is 2.23. The van der Waals surface area contributed by atoms with Gasteiger partial charge in [0.2, 0.25) is 0 Å². The highest BCUT2D eigenvalue weighted by Gasteiger charge is 2.52. The monoisotopic (exact) mass is 630 g/mol. The fourth-order valence-corrected chi connectivity index (χ4v) is 3.74. The van der Waals surface area contributed by atoms with Gasteiger partial charge in [0.05, 0.1) is 0 Å². The summed E-state index contributed by atoms with van der Waals surface area (Å²) >= 11 is 0. The molecule has 0 unspecified atom stereocenters. The maximum absolute atomic E-state index is 14.1. The molecule has 0 bridgehead atoms. The summed E-state index contributed by atoms with van der Waals surface area (Å²) in [5.74, 6) is -8.54. The van der Waals surface area contributed by atoms with Gasteiger partial charge in [0.25, 0.3) is 11.8 Å². The predicted molar refractivity (Wildman–Crippen MR) is 120 cm³/mol. The largest absolute Gasteiger partial charge is 0.527 e. The van der Waals surface area contributed by atoms with Crippen molar-refractivity contribution in [2.45, 2.75) is 81.5 Å². The van der Waals surface area contributed by atoms with Crippen LogP contribution in [0.5, 0.6) is 0 Å². The normalized spacial score (nSPS) is 14.3. The maximum Gasteiger partial charge on any atom is 0.527 e. The highest BCUT2D eigenvalue weighted by atomic mass is 19.4. The number of rotatable bonds is 23. The van der Waals surface area contributed by atoms with Crippen molar-refractivity contribution in [3.05, 3.63) is 38.0 Å². The van der Waals surface area contributed by atoms with Crippen LogP contribution >= 0.6 is 0 Å². The summed E-state index contributed by atoms with van der Waals surface area (Å²) in [5, 5.41) is 0. The first kappa shape index (κ1) is 39.1. The van der Waals surface area contributed by atoms with Crippen molar-refractivity contribution < 1.29 is 76.0 Å². The molecule has 41 heavy (non-hydrogen) atoms. The van der Waals surface area contributed by atoms with E-state index in [4.69, 9.17) is 0 Å². The van der Waals surface area contributed by atoms with Crippen molar-refractivity contribution in [1.29, 1.82) is 0 Å². The number of alkyl halides is 13. The summed E-state index contributed by atoms with van der Waals surface area (Å²) in [6, 6.07) is 0. The summed E-state index contributed by atoms with van der Waals surface area (Å²) in [5.41, 5.74) is -0.487. The minimum absolute atomic E-state index is 0.0950. The topological polar surface area (TPSA) is 36.9 Å². The van der Waals surface area contributed by atoms with Crippen molar-refractivity contribution in [2.75, 3.05) is 26.4 Å². The molecule has 0 amide bonds. The van der Waals surface area contributed by atoms with Crippen LogP contribution in [-0.4, -0.2) is 63.0 Å². The Kier molecular flexibility index (Phi) is 14.9. The average molecular weight is 630 g/mol. The SMILES string of the molecule is C=CCC(CC=C)(CC=C)CCCC(F)(F)COCC(F)(F)OC(F)(F)CC(F)(F)COCC(F)(F)OC(F)(F)F. The number of hydrogen-bond acceptors (Lipinski definition) is 4. The summed E-state index contributed by atoms with van der Waals surface area (Å²) < 4.78 is 184. The van der Waals surface area contributed by atoms with Crippen LogP contribution in [0, 0.1) is 5.41 Å². The molecule has 0 radical (unpaired) electrons. The lowest BCUT2D eigenvalue weighted by atomic mass is 9.74. The lowest BCUT2D eigenvalue weighted by Gasteiger charge is -2.32. The molecule has 4 nitrogen and oxygen atoms in total. The van der Waals surface area contributed by atoms with E-state index in [-0.39, 0.29) is 12.8 Å². The van der Waals surface area contributed by atoms with Crippen LogP contribution in [0.3, 0.4) is 0 Å². The third-order valence-corrected chi connectivity index (χ3v) is 5.18. The zero-order chi connectivity index (χ0) is 32.2. The third-order valence-electron chi connectivity index (χ3n) is 5.18. The fraction of sp³-hybridized carbons (Fsp3) is 0.750. The molecule has 0 aromatic rings. The summed E-state index contributed by atoms with van der Waals surface area (Å²) in [6.07, 6.45) is -18.9. The molecule has 17 heteroatoms. The van der Waals surface area contributed by atoms with E-state index < -0.39 is 81.2 Å². The van der Waals surface area contributed by atoms with Gasteiger partial charge in [-0.15, -0.1) is 32.9 Å². The minimum Gasteiger partial charge on any atom is -0.366 e. The van der Waals surface area contributed by atoms with Crippen LogP contribution < -0.4 is 0 Å². The standard InChI is InChI=1S/C24H31F13O4/c1-4-8-18(9-5-2,10-6-3)11-7-12-19(25,26)14-38-16-22(31,32)40-21(29,30)13-20(27,28)15-39-17-23(33,34)41-24(35,36)37/h4-6H,1-3,7-17H2. The first-order chi connectivity index (χ1) is 18.4. The van der Waals surface area contributed by atoms with Crippen molar-refractivity contribution in [3.63, 3.8) is 0 Å². The molecule has 0 aliphatic carbocycles. The van der Waals surface area contributed by atoms with Gasteiger partial charge in [-0.2, -0.15) is 26.3 Å². The molecule has 0 aromatic carbocycles. The lowest BCUT2D eigenvalue weighted by Crippen LogP contribution is -2.43. The molecular formula is C24H31F13O4. The Balaban J connectivity index is 4.83. The second kappa shape index (κ2) is 15.6. The third kappa shape index (κ3) is 18.3. The molecule has 0 aliphatic rings. The molecule has 0 aromatic heterocycles. The van der Waals surface area contributed by atoms with Gasteiger partial charge in [0.1, 0.15) is 32.8 Å². The Bertz CT molecular complexity index is 787. The van der Waals surface area contributed by atoms with E-state index in [1.165, 1.54) is 0 Å². The van der Waals surface area contributed by atoms with Crippen molar-refractivity contribution in [3.8, 4) is 0 Å². The van der Waals surface area contributed by atoms with Crippen molar-refractivity contribution >= 4 is 0 Å². The van der Waals surface area contributed by atoms with Crippen LogP contribution in [0.1, 0.15) is 44.9 Å². The van der Waals surface area contributed by atoms with Gasteiger partial charge in [-0.05, 0) is 37.5 Å². The molecule has 0 aliphatic heterocycles. The van der Waals surface area contributed by atoms with Crippen LogP contribution in [0.2, 0.25) is 0 Å². The number of halogens is 13. The molecule has 0 saturated heterocycles. The van der Waals surface area contributed by atoms with Gasteiger partial charge in [-0.25, -0.2) is 22.3 Å². The number of allylic oxidation sites excluding steroid dienone is 3. The van der Waals surface area contributed by atoms with Gasteiger partial charge in [-0.1, -0.05) is 18.2 Å². The van der Waals surface area contributed by atoms with E-state index in [0.29, 0.717) is 19.3 Å². The second-order valence-electron chi connectivity index (χ2n) is 9.27. The summed E-state index contributed by atoms with van der Waals surface area (Å²) in [4.78, 5) is 0. The quantitative estimate of drug-likeness (QED) is 0.0835. The molecular weight excluding hydrogens is 599 g/mol. The van der Waals surface area contributed by atoms with Crippen LogP contribution in [-0.2, 0) is 18.9 Å². The van der Waals surface area contributed by atoms with Crippen LogP contribution in [0.4, 0.5) is 57.1 Å². The average Bonchev–Trinajstić information content (AvgIpc) is 2.69. The fourth-order valence-electron chi connectivity index (χ4n) is 3.74. The number of ether oxygens (including phenoxy) is 4. The van der Waals surface area contributed by atoms with Gasteiger partial charge in [-0.3, -0.25) is 4.74 Å². The van der Waals surface area contributed by atoms with E-state index in [1.807, 2.05) is 0 Å². The Labute approximate surface area is 228 Å². The molecule has 0 N–H and O–H groups in total. The van der Waals surface area contributed by atoms with Crippen molar-refractivity contribution in [1.82, 2.24) is 0 Å². The molecule has 0 spiro atoms.